The number of carbonyl (C=O) groups is 1. The SMILES string of the molecule is O=C(O)CCCCc1oc(-n2cnc3ccccc32)nc1-c1ccc(Cl)cc1. The van der Waals surface area contributed by atoms with Gasteiger partial charge in [0.05, 0.1) is 11.0 Å². The predicted octanol–water partition coefficient (Wildman–Crippen LogP) is 5.13. The van der Waals surface area contributed by atoms with Gasteiger partial charge >= 0.3 is 12.0 Å². The summed E-state index contributed by atoms with van der Waals surface area (Å²) in [6.45, 7) is 0. The molecule has 0 spiro atoms. The Labute approximate surface area is 166 Å². The molecule has 2 aromatic heterocycles. The summed E-state index contributed by atoms with van der Waals surface area (Å²) < 4.78 is 7.91. The van der Waals surface area contributed by atoms with Gasteiger partial charge < -0.3 is 9.52 Å². The fourth-order valence-corrected chi connectivity index (χ4v) is 3.24. The summed E-state index contributed by atoms with van der Waals surface area (Å²) in [5, 5.41) is 9.49. The van der Waals surface area contributed by atoms with Gasteiger partial charge in [0.25, 0.3) is 0 Å². The summed E-state index contributed by atoms with van der Waals surface area (Å²) in [5.41, 5.74) is 3.40. The lowest BCUT2D eigenvalue weighted by Crippen LogP contribution is -1.95. The summed E-state index contributed by atoms with van der Waals surface area (Å²) >= 11 is 6.01. The number of rotatable bonds is 7. The number of para-hydroxylation sites is 2. The number of aromatic nitrogens is 3. The van der Waals surface area contributed by atoms with Gasteiger partial charge in [0.15, 0.2) is 0 Å². The van der Waals surface area contributed by atoms with Crippen molar-refractivity contribution in [3.63, 3.8) is 0 Å². The molecule has 1 N–H and O–H groups in total. The van der Waals surface area contributed by atoms with Crippen molar-refractivity contribution < 1.29 is 14.3 Å². The first kappa shape index (κ1) is 18.3. The van der Waals surface area contributed by atoms with E-state index in [1.54, 1.807) is 6.33 Å². The quantitative estimate of drug-likeness (QED) is 0.438. The lowest BCUT2D eigenvalue weighted by atomic mass is 10.1. The average molecular weight is 396 g/mol. The second kappa shape index (κ2) is 7.86. The fourth-order valence-electron chi connectivity index (χ4n) is 3.12. The van der Waals surface area contributed by atoms with Crippen LogP contribution in [-0.2, 0) is 11.2 Å². The van der Waals surface area contributed by atoms with Crippen LogP contribution in [0, 0.1) is 0 Å². The van der Waals surface area contributed by atoms with Gasteiger partial charge in [0, 0.05) is 23.4 Å². The molecule has 0 radical (unpaired) electrons. The molecule has 0 saturated heterocycles. The number of aliphatic carboxylic acids is 1. The van der Waals surface area contributed by atoms with E-state index in [4.69, 9.17) is 26.1 Å². The van der Waals surface area contributed by atoms with Crippen LogP contribution in [0.25, 0.3) is 28.3 Å². The van der Waals surface area contributed by atoms with Gasteiger partial charge in [-0.15, -0.1) is 0 Å². The van der Waals surface area contributed by atoms with Gasteiger partial charge in [-0.2, -0.15) is 4.98 Å². The van der Waals surface area contributed by atoms with Crippen molar-refractivity contribution in [2.75, 3.05) is 0 Å². The van der Waals surface area contributed by atoms with Crippen LogP contribution in [0.3, 0.4) is 0 Å². The lowest BCUT2D eigenvalue weighted by molar-refractivity contribution is -0.137. The van der Waals surface area contributed by atoms with Crippen molar-refractivity contribution in [2.45, 2.75) is 25.7 Å². The van der Waals surface area contributed by atoms with E-state index in [2.05, 4.69) is 4.98 Å². The van der Waals surface area contributed by atoms with Gasteiger partial charge in [-0.1, -0.05) is 35.9 Å². The van der Waals surface area contributed by atoms with Crippen molar-refractivity contribution in [3.05, 3.63) is 65.6 Å². The summed E-state index contributed by atoms with van der Waals surface area (Å²) in [6, 6.07) is 15.6. The normalized spacial score (nSPS) is 11.2. The standard InChI is InChI=1S/C21H18ClN3O3/c22-15-11-9-14(10-12-15)20-18(7-3-4-8-19(26)27)28-21(24-20)25-13-23-16-5-1-2-6-17(16)25/h1-2,5-6,9-13H,3-4,7-8H2,(H,26,27). The molecule has 0 aliphatic rings. The third-order valence-corrected chi connectivity index (χ3v) is 4.76. The maximum absolute atomic E-state index is 10.8. The number of halogens is 1. The molecule has 4 aromatic rings. The number of aryl methyl sites for hydroxylation is 1. The number of hydrogen-bond acceptors (Lipinski definition) is 4. The maximum Gasteiger partial charge on any atom is 0.308 e. The van der Waals surface area contributed by atoms with E-state index in [1.165, 1.54) is 0 Å². The van der Waals surface area contributed by atoms with Gasteiger partial charge in [0.2, 0.25) is 0 Å². The predicted molar refractivity (Wildman–Crippen MR) is 107 cm³/mol. The van der Waals surface area contributed by atoms with Gasteiger partial charge in [-0.05, 0) is 37.1 Å². The molecular formula is C21H18ClN3O3. The van der Waals surface area contributed by atoms with E-state index in [-0.39, 0.29) is 6.42 Å². The minimum atomic E-state index is -0.791. The second-order valence-electron chi connectivity index (χ2n) is 6.48. The second-order valence-corrected chi connectivity index (χ2v) is 6.92. The Hall–Kier alpha value is -3.12. The highest BCUT2D eigenvalue weighted by Crippen LogP contribution is 2.29. The molecule has 2 heterocycles. The van der Waals surface area contributed by atoms with Gasteiger partial charge in [-0.25, -0.2) is 4.98 Å². The zero-order valence-corrected chi connectivity index (χ0v) is 15.8. The van der Waals surface area contributed by atoms with Crippen LogP contribution in [0.2, 0.25) is 5.02 Å². The van der Waals surface area contributed by atoms with Crippen molar-refractivity contribution in [2.24, 2.45) is 0 Å². The van der Waals surface area contributed by atoms with E-state index < -0.39 is 5.97 Å². The molecule has 0 unspecified atom stereocenters. The molecule has 28 heavy (non-hydrogen) atoms. The molecule has 0 fully saturated rings. The highest BCUT2D eigenvalue weighted by molar-refractivity contribution is 6.30. The van der Waals surface area contributed by atoms with E-state index in [1.807, 2.05) is 53.1 Å². The highest BCUT2D eigenvalue weighted by atomic mass is 35.5. The number of imidazole rings is 1. The molecule has 0 saturated carbocycles. The molecule has 0 aliphatic carbocycles. The van der Waals surface area contributed by atoms with Crippen molar-refractivity contribution in [1.29, 1.82) is 0 Å². The highest BCUT2D eigenvalue weighted by Gasteiger charge is 2.18. The average Bonchev–Trinajstić information content (AvgIpc) is 3.30. The molecule has 2 aromatic carbocycles. The first-order valence-corrected chi connectivity index (χ1v) is 9.39. The first-order valence-electron chi connectivity index (χ1n) is 9.02. The summed E-state index contributed by atoms with van der Waals surface area (Å²) in [7, 11) is 0. The number of carboxylic acids is 1. The van der Waals surface area contributed by atoms with Crippen molar-refractivity contribution in [1.82, 2.24) is 14.5 Å². The minimum absolute atomic E-state index is 0.142. The molecule has 0 aliphatic heterocycles. The van der Waals surface area contributed by atoms with Crippen LogP contribution >= 0.6 is 11.6 Å². The van der Waals surface area contributed by atoms with E-state index >= 15 is 0 Å². The van der Waals surface area contributed by atoms with Crippen LogP contribution in [0.1, 0.15) is 25.0 Å². The van der Waals surface area contributed by atoms with E-state index in [0.717, 1.165) is 28.1 Å². The number of carboxylic acid groups (broad SMARTS) is 1. The Morgan fingerprint density at radius 3 is 2.68 bits per heavy atom. The van der Waals surface area contributed by atoms with Gasteiger partial charge in [0.1, 0.15) is 17.8 Å². The molecule has 142 valence electrons. The van der Waals surface area contributed by atoms with Crippen LogP contribution in [-0.4, -0.2) is 25.6 Å². The summed E-state index contributed by atoms with van der Waals surface area (Å²) in [4.78, 5) is 19.9. The molecule has 0 bridgehead atoms. The third-order valence-electron chi connectivity index (χ3n) is 4.51. The minimum Gasteiger partial charge on any atom is -0.481 e. The van der Waals surface area contributed by atoms with E-state index in [0.29, 0.717) is 30.3 Å². The van der Waals surface area contributed by atoms with E-state index in [9.17, 15) is 4.79 Å². The first-order chi connectivity index (χ1) is 13.6. The smallest absolute Gasteiger partial charge is 0.308 e. The van der Waals surface area contributed by atoms with Crippen LogP contribution < -0.4 is 0 Å². The molecular weight excluding hydrogens is 378 g/mol. The monoisotopic (exact) mass is 395 g/mol. The Balaban J connectivity index is 1.71. The zero-order valence-electron chi connectivity index (χ0n) is 15.0. The fraction of sp³-hybridized carbons (Fsp3) is 0.190. The Morgan fingerprint density at radius 2 is 1.89 bits per heavy atom. The van der Waals surface area contributed by atoms with Crippen molar-refractivity contribution in [3.8, 4) is 17.3 Å². The summed E-state index contributed by atoms with van der Waals surface area (Å²) in [5.74, 6) is -0.0680. The molecule has 0 amide bonds. The molecule has 7 heteroatoms. The van der Waals surface area contributed by atoms with Crippen molar-refractivity contribution >= 4 is 28.6 Å². The molecule has 0 atom stereocenters. The van der Waals surface area contributed by atoms with Crippen LogP contribution in [0.15, 0.2) is 59.3 Å². The number of oxazole rings is 1. The van der Waals surface area contributed by atoms with Gasteiger partial charge in [-0.3, -0.25) is 9.36 Å². The topological polar surface area (TPSA) is 81.1 Å². The number of nitrogens with zero attached hydrogens (tertiary/aromatic N) is 3. The largest absolute Gasteiger partial charge is 0.481 e. The number of benzene rings is 2. The summed E-state index contributed by atoms with van der Waals surface area (Å²) in [6.07, 6.45) is 3.72. The Morgan fingerprint density at radius 1 is 1.11 bits per heavy atom. The number of hydrogen-bond donors (Lipinski definition) is 1. The van der Waals surface area contributed by atoms with Crippen LogP contribution in [0.5, 0.6) is 0 Å². The number of unbranched alkanes of at least 4 members (excludes halogenated alkanes) is 1. The zero-order chi connectivity index (χ0) is 19.5. The van der Waals surface area contributed by atoms with Crippen LogP contribution in [0.4, 0.5) is 0 Å². The maximum atomic E-state index is 10.8. The lowest BCUT2D eigenvalue weighted by Gasteiger charge is -2.01. The Bertz CT molecular complexity index is 1120. The molecule has 4 rings (SSSR count). The Kier molecular flexibility index (Phi) is 5.12. The third kappa shape index (κ3) is 3.77. The number of fused-ring (bicyclic) bond motifs is 1. The molecule has 6 nitrogen and oxygen atoms in total.